The van der Waals surface area contributed by atoms with E-state index >= 15 is 0 Å². The van der Waals surface area contributed by atoms with Crippen LogP contribution in [-0.2, 0) is 14.3 Å². The molecule has 25 heavy (non-hydrogen) atoms. The first kappa shape index (κ1) is 18.8. The van der Waals surface area contributed by atoms with Gasteiger partial charge < -0.3 is 15.0 Å². The Bertz CT molecular complexity index is 676. The summed E-state index contributed by atoms with van der Waals surface area (Å²) in [4.78, 5) is 35.7. The number of hydrogen-bond acceptors (Lipinski definition) is 4. The Kier molecular flexibility index (Phi) is 5.66. The summed E-state index contributed by atoms with van der Waals surface area (Å²) in [6, 6.07) is 6.01. The maximum Gasteiger partial charge on any atom is 0.471 e. The van der Waals surface area contributed by atoms with E-state index in [0.717, 1.165) is 0 Å². The highest BCUT2D eigenvalue weighted by molar-refractivity contribution is 5.96. The predicted octanol–water partition coefficient (Wildman–Crippen LogP) is 2.21. The number of carbonyl (C=O) groups is 3. The Morgan fingerprint density at radius 2 is 2.00 bits per heavy atom. The lowest BCUT2D eigenvalue weighted by Crippen LogP contribution is -2.48. The molecule has 9 heteroatoms. The summed E-state index contributed by atoms with van der Waals surface area (Å²) >= 11 is 0. The van der Waals surface area contributed by atoms with Crippen LogP contribution in [0.25, 0.3) is 0 Å². The van der Waals surface area contributed by atoms with E-state index in [1.54, 1.807) is 12.1 Å². The maximum absolute atomic E-state index is 12.5. The van der Waals surface area contributed by atoms with Gasteiger partial charge in [0.25, 0.3) is 0 Å². The Morgan fingerprint density at radius 1 is 1.28 bits per heavy atom. The van der Waals surface area contributed by atoms with Crippen LogP contribution < -0.4 is 5.32 Å². The maximum atomic E-state index is 12.5. The molecule has 1 aliphatic rings. The van der Waals surface area contributed by atoms with E-state index in [2.05, 4.69) is 10.1 Å². The third-order valence-electron chi connectivity index (χ3n) is 3.87. The van der Waals surface area contributed by atoms with Gasteiger partial charge in [-0.1, -0.05) is 6.07 Å². The molecule has 0 spiro atoms. The third kappa shape index (κ3) is 4.71. The van der Waals surface area contributed by atoms with Gasteiger partial charge in [0.2, 0.25) is 5.91 Å². The number of anilines is 1. The molecule has 1 unspecified atom stereocenters. The van der Waals surface area contributed by atoms with Crippen molar-refractivity contribution < 1.29 is 32.3 Å². The van der Waals surface area contributed by atoms with Crippen LogP contribution >= 0.6 is 0 Å². The Balaban J connectivity index is 2.03. The van der Waals surface area contributed by atoms with Gasteiger partial charge in [-0.3, -0.25) is 9.59 Å². The number of carbonyl (C=O) groups excluding carboxylic acids is 3. The number of hydrogen-bond donors (Lipinski definition) is 1. The fourth-order valence-corrected chi connectivity index (χ4v) is 2.64. The van der Waals surface area contributed by atoms with Crippen molar-refractivity contribution in [2.45, 2.75) is 19.0 Å². The number of piperidine rings is 1. The van der Waals surface area contributed by atoms with Crippen molar-refractivity contribution in [1.29, 1.82) is 0 Å². The lowest BCUT2D eigenvalue weighted by molar-refractivity contribution is -0.187. The molecule has 1 aromatic rings. The molecular formula is C16H17F3N2O4. The van der Waals surface area contributed by atoms with Gasteiger partial charge in [-0.05, 0) is 31.0 Å². The van der Waals surface area contributed by atoms with E-state index in [4.69, 9.17) is 0 Å². The third-order valence-corrected chi connectivity index (χ3v) is 3.87. The van der Waals surface area contributed by atoms with Crippen LogP contribution in [-0.4, -0.2) is 49.1 Å². The predicted molar refractivity (Wildman–Crippen MR) is 81.8 cm³/mol. The largest absolute Gasteiger partial charge is 0.471 e. The molecule has 1 aliphatic heterocycles. The molecule has 1 aromatic carbocycles. The Morgan fingerprint density at radius 3 is 2.64 bits per heavy atom. The number of amides is 2. The van der Waals surface area contributed by atoms with E-state index < -0.39 is 29.9 Å². The normalized spacial score (nSPS) is 17.8. The van der Waals surface area contributed by atoms with Gasteiger partial charge in [0, 0.05) is 18.8 Å². The molecule has 6 nitrogen and oxygen atoms in total. The molecule has 2 amide bonds. The highest BCUT2D eigenvalue weighted by atomic mass is 19.4. The monoisotopic (exact) mass is 358 g/mol. The van der Waals surface area contributed by atoms with Crippen molar-refractivity contribution in [1.82, 2.24) is 4.90 Å². The van der Waals surface area contributed by atoms with E-state index in [1.165, 1.54) is 19.2 Å². The highest BCUT2D eigenvalue weighted by Gasteiger charge is 2.44. The second-order valence-electron chi connectivity index (χ2n) is 5.65. The number of ether oxygens (including phenoxy) is 1. The van der Waals surface area contributed by atoms with E-state index in [9.17, 15) is 27.6 Å². The number of alkyl halides is 3. The van der Waals surface area contributed by atoms with Crippen molar-refractivity contribution >= 4 is 23.5 Å². The summed E-state index contributed by atoms with van der Waals surface area (Å²) in [5, 5.41) is 2.56. The highest BCUT2D eigenvalue weighted by Crippen LogP contribution is 2.24. The summed E-state index contributed by atoms with van der Waals surface area (Å²) in [7, 11) is 1.22. The lowest BCUT2D eigenvalue weighted by Gasteiger charge is -2.32. The number of nitrogens with one attached hydrogen (secondary N) is 1. The smallest absolute Gasteiger partial charge is 0.465 e. The van der Waals surface area contributed by atoms with E-state index in [0.29, 0.717) is 23.4 Å². The van der Waals surface area contributed by atoms with Crippen molar-refractivity contribution in [3.63, 3.8) is 0 Å². The lowest BCUT2D eigenvalue weighted by atomic mass is 9.97. The van der Waals surface area contributed by atoms with Gasteiger partial charge in [-0.25, -0.2) is 4.79 Å². The number of likely N-dealkylation sites (tertiary alicyclic amines) is 1. The van der Waals surface area contributed by atoms with Crippen molar-refractivity contribution in [3.05, 3.63) is 29.8 Å². The number of halogens is 3. The van der Waals surface area contributed by atoms with Crippen LogP contribution in [0, 0.1) is 5.92 Å². The molecule has 1 N–H and O–H groups in total. The van der Waals surface area contributed by atoms with Crippen LogP contribution in [0.1, 0.15) is 23.2 Å². The van der Waals surface area contributed by atoms with Crippen LogP contribution in [0.4, 0.5) is 18.9 Å². The van der Waals surface area contributed by atoms with Crippen LogP contribution in [0.5, 0.6) is 0 Å². The van der Waals surface area contributed by atoms with E-state index in [1.807, 2.05) is 0 Å². The van der Waals surface area contributed by atoms with Gasteiger partial charge in [-0.2, -0.15) is 13.2 Å². The Hall–Kier alpha value is -2.58. The average molecular weight is 358 g/mol. The molecule has 0 aliphatic carbocycles. The van der Waals surface area contributed by atoms with Crippen molar-refractivity contribution in [2.75, 3.05) is 25.5 Å². The zero-order valence-electron chi connectivity index (χ0n) is 13.4. The molecule has 0 saturated carbocycles. The molecule has 2 rings (SSSR count). The molecule has 1 saturated heterocycles. The minimum absolute atomic E-state index is 0.0278. The standard InChI is InChI=1S/C16H17F3N2O4/c1-25-14(23)10-4-2-6-12(8-10)20-13(22)11-5-3-7-21(9-11)15(24)16(17,18)19/h2,4,6,8,11H,3,5,7,9H2,1H3,(H,20,22). The molecule has 0 bridgehead atoms. The first-order valence-corrected chi connectivity index (χ1v) is 7.57. The topological polar surface area (TPSA) is 75.7 Å². The van der Waals surface area contributed by atoms with Gasteiger partial charge in [0.1, 0.15) is 0 Å². The number of nitrogens with zero attached hydrogens (tertiary/aromatic N) is 1. The van der Waals surface area contributed by atoms with Gasteiger partial charge in [0.05, 0.1) is 18.6 Å². The number of esters is 1. The molecule has 1 fully saturated rings. The molecule has 136 valence electrons. The number of methoxy groups -OCH3 is 1. The fraction of sp³-hybridized carbons (Fsp3) is 0.438. The van der Waals surface area contributed by atoms with Crippen LogP contribution in [0.15, 0.2) is 24.3 Å². The molecule has 1 atom stereocenters. The van der Waals surface area contributed by atoms with Crippen molar-refractivity contribution in [3.8, 4) is 0 Å². The average Bonchev–Trinajstić information content (AvgIpc) is 2.59. The van der Waals surface area contributed by atoms with Crippen molar-refractivity contribution in [2.24, 2.45) is 5.92 Å². The van der Waals surface area contributed by atoms with E-state index in [-0.39, 0.29) is 18.7 Å². The number of benzene rings is 1. The first-order valence-electron chi connectivity index (χ1n) is 7.57. The second-order valence-corrected chi connectivity index (χ2v) is 5.65. The van der Waals surface area contributed by atoms with Gasteiger partial charge >= 0.3 is 18.1 Å². The van der Waals surface area contributed by atoms with Crippen LogP contribution in [0.3, 0.4) is 0 Å². The summed E-state index contributed by atoms with van der Waals surface area (Å²) in [6.45, 7) is -0.319. The SMILES string of the molecule is COC(=O)c1cccc(NC(=O)C2CCCN(C(=O)C(F)(F)F)C2)c1. The fourth-order valence-electron chi connectivity index (χ4n) is 2.64. The Labute approximate surface area is 141 Å². The minimum atomic E-state index is -4.95. The quantitative estimate of drug-likeness (QED) is 0.841. The second kappa shape index (κ2) is 7.54. The number of rotatable bonds is 3. The summed E-state index contributed by atoms with van der Waals surface area (Å²) in [5.41, 5.74) is 0.560. The summed E-state index contributed by atoms with van der Waals surface area (Å²) < 4.78 is 42.2. The van der Waals surface area contributed by atoms with Gasteiger partial charge in [0.15, 0.2) is 0 Å². The first-order chi connectivity index (χ1) is 11.7. The minimum Gasteiger partial charge on any atom is -0.465 e. The molecule has 0 aromatic heterocycles. The zero-order chi connectivity index (χ0) is 18.6. The molecule has 1 heterocycles. The summed E-state index contributed by atoms with van der Waals surface area (Å²) in [5.74, 6) is -3.75. The van der Waals surface area contributed by atoms with Crippen LogP contribution in [0.2, 0.25) is 0 Å². The van der Waals surface area contributed by atoms with Gasteiger partial charge in [-0.15, -0.1) is 0 Å². The zero-order valence-corrected chi connectivity index (χ0v) is 13.4. The summed E-state index contributed by atoms with van der Waals surface area (Å²) in [6.07, 6.45) is -4.26. The molecule has 0 radical (unpaired) electrons. The molecular weight excluding hydrogens is 341 g/mol.